The maximum atomic E-state index is 11.7. The second-order valence-corrected chi connectivity index (χ2v) is 4.86. The highest BCUT2D eigenvalue weighted by molar-refractivity contribution is 5.69. The molecule has 0 aliphatic heterocycles. The predicted octanol–water partition coefficient (Wildman–Crippen LogP) is 2.18. The molecule has 0 aromatic heterocycles. The molecule has 1 aromatic carbocycles. The third kappa shape index (κ3) is 3.01. The first-order chi connectivity index (χ1) is 8.66. The molecule has 18 heavy (non-hydrogen) atoms. The Kier molecular flexibility index (Phi) is 3.87. The third-order valence-electron chi connectivity index (χ3n) is 3.50. The molecule has 1 aromatic rings. The van der Waals surface area contributed by atoms with Gasteiger partial charge < -0.3 is 15.8 Å². The summed E-state index contributed by atoms with van der Waals surface area (Å²) in [5.41, 5.74) is 6.76. The zero-order valence-corrected chi connectivity index (χ0v) is 10.7. The summed E-state index contributed by atoms with van der Waals surface area (Å²) in [5, 5.41) is 2.90. The number of amides is 1. The van der Waals surface area contributed by atoms with E-state index < -0.39 is 0 Å². The maximum Gasteiger partial charge on any atom is 0.407 e. The Morgan fingerprint density at radius 2 is 2.11 bits per heavy atom. The average Bonchev–Trinajstić information content (AvgIpc) is 3.17. The van der Waals surface area contributed by atoms with Crippen LogP contribution in [0.25, 0.3) is 0 Å². The number of nitrogens with one attached hydrogen (secondary N) is 1. The molecule has 0 bridgehead atoms. The number of rotatable bonds is 5. The molecule has 3 N–H and O–H groups in total. The first-order valence-corrected chi connectivity index (χ1v) is 6.41. The zero-order valence-electron chi connectivity index (χ0n) is 10.7. The van der Waals surface area contributed by atoms with Crippen molar-refractivity contribution in [1.29, 1.82) is 0 Å². The van der Waals surface area contributed by atoms with Crippen LogP contribution in [0.1, 0.15) is 31.7 Å². The van der Waals surface area contributed by atoms with Crippen molar-refractivity contribution in [3.8, 4) is 0 Å². The van der Waals surface area contributed by atoms with E-state index in [9.17, 15) is 4.79 Å². The third-order valence-corrected chi connectivity index (χ3v) is 3.50. The molecule has 0 unspecified atom stereocenters. The number of carbonyl (C=O) groups is 1. The number of nitrogens with two attached hydrogens (primary N) is 1. The number of hydrogen-bond acceptors (Lipinski definition) is 3. The van der Waals surface area contributed by atoms with Crippen LogP contribution in [-0.4, -0.2) is 17.7 Å². The fraction of sp³-hybridized carbons (Fsp3) is 0.500. The van der Waals surface area contributed by atoms with Gasteiger partial charge in [-0.05, 0) is 24.8 Å². The quantitative estimate of drug-likeness (QED) is 0.839. The van der Waals surface area contributed by atoms with Crippen LogP contribution in [0.3, 0.4) is 0 Å². The Bertz CT molecular complexity index is 402. The van der Waals surface area contributed by atoms with Crippen LogP contribution >= 0.6 is 0 Å². The number of ether oxygens (including phenoxy) is 1. The molecule has 1 aliphatic carbocycles. The Balaban J connectivity index is 1.79. The van der Waals surface area contributed by atoms with E-state index >= 15 is 0 Å². The van der Waals surface area contributed by atoms with Crippen LogP contribution in [0, 0.1) is 0 Å². The molecule has 1 atom stereocenters. The lowest BCUT2D eigenvalue weighted by molar-refractivity contribution is 0.132. The van der Waals surface area contributed by atoms with Crippen molar-refractivity contribution in [1.82, 2.24) is 5.32 Å². The predicted molar refractivity (Wildman–Crippen MR) is 70.0 cm³/mol. The van der Waals surface area contributed by atoms with Gasteiger partial charge in [0.1, 0.15) is 6.61 Å². The minimum atomic E-state index is -0.375. The highest BCUT2D eigenvalue weighted by Gasteiger charge is 2.48. The number of alkyl carbamates (subject to hydrolysis) is 1. The van der Waals surface area contributed by atoms with Crippen LogP contribution in [0.5, 0.6) is 0 Å². The average molecular weight is 248 g/mol. The molecule has 2 rings (SSSR count). The Morgan fingerprint density at radius 1 is 1.44 bits per heavy atom. The molecule has 4 heteroatoms. The van der Waals surface area contributed by atoms with Crippen LogP contribution in [-0.2, 0) is 11.3 Å². The van der Waals surface area contributed by atoms with Gasteiger partial charge in [0.2, 0.25) is 0 Å². The van der Waals surface area contributed by atoms with Crippen molar-refractivity contribution in [2.24, 2.45) is 5.73 Å². The van der Waals surface area contributed by atoms with E-state index in [1.807, 2.05) is 37.3 Å². The second kappa shape index (κ2) is 5.40. The summed E-state index contributed by atoms with van der Waals surface area (Å²) in [5.74, 6) is 0. The van der Waals surface area contributed by atoms with Crippen LogP contribution in [0.15, 0.2) is 30.3 Å². The first kappa shape index (κ1) is 12.9. The van der Waals surface area contributed by atoms with Gasteiger partial charge in [0, 0.05) is 6.04 Å². The van der Waals surface area contributed by atoms with E-state index in [0.717, 1.165) is 24.8 Å². The number of carbonyl (C=O) groups excluding carboxylic acids is 1. The van der Waals surface area contributed by atoms with E-state index in [4.69, 9.17) is 10.5 Å². The van der Waals surface area contributed by atoms with Gasteiger partial charge in [-0.25, -0.2) is 4.79 Å². The maximum absolute atomic E-state index is 11.7. The normalized spacial score (nSPS) is 17.9. The molecule has 1 amide bonds. The van der Waals surface area contributed by atoms with E-state index in [1.165, 1.54) is 0 Å². The number of hydrogen-bond donors (Lipinski definition) is 2. The summed E-state index contributed by atoms with van der Waals surface area (Å²) < 4.78 is 5.19. The summed E-state index contributed by atoms with van der Waals surface area (Å²) in [4.78, 5) is 11.7. The van der Waals surface area contributed by atoms with Gasteiger partial charge in [-0.3, -0.25) is 0 Å². The standard InChI is InChI=1S/C14H20N2O2/c1-2-12(15)14(8-9-14)16-13(17)18-10-11-6-4-3-5-7-11/h3-7,12H,2,8-10,15H2,1H3,(H,16,17)/t12-/m0/s1. The van der Waals surface area contributed by atoms with E-state index in [1.54, 1.807) is 0 Å². The Hall–Kier alpha value is -1.55. The van der Waals surface area contributed by atoms with Crippen molar-refractivity contribution in [2.75, 3.05) is 0 Å². The summed E-state index contributed by atoms with van der Waals surface area (Å²) >= 11 is 0. The van der Waals surface area contributed by atoms with Crippen LogP contribution < -0.4 is 11.1 Å². The molecule has 0 heterocycles. The van der Waals surface area contributed by atoms with E-state index in [-0.39, 0.29) is 17.7 Å². The lowest BCUT2D eigenvalue weighted by Gasteiger charge is -2.23. The molecule has 4 nitrogen and oxygen atoms in total. The first-order valence-electron chi connectivity index (χ1n) is 6.41. The summed E-state index contributed by atoms with van der Waals surface area (Å²) in [7, 11) is 0. The SMILES string of the molecule is CC[C@H](N)C1(NC(=O)OCc2ccccc2)CC1. The van der Waals surface area contributed by atoms with Gasteiger partial charge in [0.15, 0.2) is 0 Å². The lowest BCUT2D eigenvalue weighted by Crippen LogP contribution is -2.49. The highest BCUT2D eigenvalue weighted by atomic mass is 16.5. The van der Waals surface area contributed by atoms with Gasteiger partial charge in [-0.1, -0.05) is 37.3 Å². The smallest absolute Gasteiger partial charge is 0.407 e. The minimum absolute atomic E-state index is 0.0155. The monoisotopic (exact) mass is 248 g/mol. The van der Waals surface area contributed by atoms with E-state index in [2.05, 4.69) is 5.32 Å². The molecule has 0 spiro atoms. The largest absolute Gasteiger partial charge is 0.445 e. The van der Waals surface area contributed by atoms with Gasteiger partial charge in [-0.15, -0.1) is 0 Å². The highest BCUT2D eigenvalue weighted by Crippen LogP contribution is 2.39. The van der Waals surface area contributed by atoms with Gasteiger partial charge in [-0.2, -0.15) is 0 Å². The van der Waals surface area contributed by atoms with Crippen LogP contribution in [0.4, 0.5) is 4.79 Å². The molecule has 1 aliphatic rings. The zero-order chi connectivity index (χ0) is 13.0. The van der Waals surface area contributed by atoms with Crippen molar-refractivity contribution in [3.63, 3.8) is 0 Å². The molecule has 1 fully saturated rings. The van der Waals surface area contributed by atoms with Crippen molar-refractivity contribution in [2.45, 2.75) is 44.4 Å². The summed E-state index contributed by atoms with van der Waals surface area (Å²) in [6.07, 6.45) is 2.38. The molecule has 1 saturated carbocycles. The number of benzene rings is 1. The van der Waals surface area contributed by atoms with Crippen molar-refractivity contribution in [3.05, 3.63) is 35.9 Å². The molecular formula is C14H20N2O2. The summed E-state index contributed by atoms with van der Waals surface area (Å²) in [6, 6.07) is 9.65. The van der Waals surface area contributed by atoms with Gasteiger partial charge >= 0.3 is 6.09 Å². The minimum Gasteiger partial charge on any atom is -0.445 e. The second-order valence-electron chi connectivity index (χ2n) is 4.86. The fourth-order valence-corrected chi connectivity index (χ4v) is 2.08. The topological polar surface area (TPSA) is 64.3 Å². The fourth-order valence-electron chi connectivity index (χ4n) is 2.08. The van der Waals surface area contributed by atoms with Crippen molar-refractivity contribution < 1.29 is 9.53 Å². The molecular weight excluding hydrogens is 228 g/mol. The Labute approximate surface area is 108 Å². The molecule has 0 radical (unpaired) electrons. The van der Waals surface area contributed by atoms with Crippen molar-refractivity contribution >= 4 is 6.09 Å². The lowest BCUT2D eigenvalue weighted by atomic mass is 10.1. The Morgan fingerprint density at radius 3 is 2.67 bits per heavy atom. The summed E-state index contributed by atoms with van der Waals surface area (Å²) in [6.45, 7) is 2.33. The van der Waals surface area contributed by atoms with E-state index in [0.29, 0.717) is 6.61 Å². The van der Waals surface area contributed by atoms with Gasteiger partial charge in [0.05, 0.1) is 5.54 Å². The van der Waals surface area contributed by atoms with Gasteiger partial charge in [0.25, 0.3) is 0 Å². The van der Waals surface area contributed by atoms with Crippen LogP contribution in [0.2, 0.25) is 0 Å². The molecule has 0 saturated heterocycles. The molecule has 98 valence electrons.